The van der Waals surface area contributed by atoms with Crippen molar-refractivity contribution in [2.75, 3.05) is 6.61 Å². The van der Waals surface area contributed by atoms with Crippen molar-refractivity contribution < 1.29 is 14.6 Å². The minimum atomic E-state index is -1.01. The third-order valence-electron chi connectivity index (χ3n) is 2.42. The molecule has 0 amide bonds. The van der Waals surface area contributed by atoms with Crippen LogP contribution in [0.4, 0.5) is 0 Å². The van der Waals surface area contributed by atoms with E-state index in [1.807, 2.05) is 43.5 Å². The SMILES string of the molecule is Cc1cn(Cc2ccccc2)nc1OCC(=O)O. The summed E-state index contributed by atoms with van der Waals surface area (Å²) in [5.41, 5.74) is 1.96. The Morgan fingerprint density at radius 1 is 1.39 bits per heavy atom. The van der Waals surface area contributed by atoms with Gasteiger partial charge in [0, 0.05) is 11.8 Å². The third-order valence-corrected chi connectivity index (χ3v) is 2.42. The Bertz CT molecular complexity index is 534. The van der Waals surface area contributed by atoms with Crippen molar-refractivity contribution in [3.63, 3.8) is 0 Å². The number of benzene rings is 1. The van der Waals surface area contributed by atoms with Gasteiger partial charge in [0.25, 0.3) is 0 Å². The molecule has 5 heteroatoms. The van der Waals surface area contributed by atoms with E-state index in [-0.39, 0.29) is 6.61 Å². The van der Waals surface area contributed by atoms with Crippen LogP contribution in [0.5, 0.6) is 5.88 Å². The van der Waals surface area contributed by atoms with Crippen LogP contribution in [0.3, 0.4) is 0 Å². The summed E-state index contributed by atoms with van der Waals surface area (Å²) in [6.45, 7) is 2.10. The number of aromatic nitrogens is 2. The van der Waals surface area contributed by atoms with Gasteiger partial charge in [-0.1, -0.05) is 30.3 Å². The van der Waals surface area contributed by atoms with Gasteiger partial charge in [-0.2, -0.15) is 0 Å². The van der Waals surface area contributed by atoms with E-state index in [0.717, 1.165) is 11.1 Å². The Hall–Kier alpha value is -2.30. The van der Waals surface area contributed by atoms with Crippen LogP contribution >= 0.6 is 0 Å². The third kappa shape index (κ3) is 3.10. The number of rotatable bonds is 5. The number of hydrogen-bond donors (Lipinski definition) is 1. The Balaban J connectivity index is 2.06. The Morgan fingerprint density at radius 3 is 2.78 bits per heavy atom. The summed E-state index contributed by atoms with van der Waals surface area (Å²) in [7, 11) is 0. The van der Waals surface area contributed by atoms with Gasteiger partial charge in [0.1, 0.15) is 0 Å². The number of carbonyl (C=O) groups is 1. The normalized spacial score (nSPS) is 10.3. The van der Waals surface area contributed by atoms with Crippen LogP contribution < -0.4 is 4.74 Å². The van der Waals surface area contributed by atoms with E-state index in [4.69, 9.17) is 9.84 Å². The smallest absolute Gasteiger partial charge is 0.341 e. The Labute approximate surface area is 105 Å². The largest absolute Gasteiger partial charge is 0.479 e. The van der Waals surface area contributed by atoms with Crippen LogP contribution in [0.2, 0.25) is 0 Å². The van der Waals surface area contributed by atoms with E-state index in [2.05, 4.69) is 5.10 Å². The maximum atomic E-state index is 10.4. The van der Waals surface area contributed by atoms with Crippen LogP contribution in [-0.4, -0.2) is 27.5 Å². The molecule has 0 saturated carbocycles. The first-order chi connectivity index (χ1) is 8.65. The lowest BCUT2D eigenvalue weighted by atomic mass is 10.2. The molecule has 0 spiro atoms. The highest BCUT2D eigenvalue weighted by molar-refractivity contribution is 5.68. The average Bonchev–Trinajstić information content (AvgIpc) is 2.68. The molecule has 2 rings (SSSR count). The molecule has 1 aromatic heterocycles. The maximum Gasteiger partial charge on any atom is 0.341 e. The first-order valence-electron chi connectivity index (χ1n) is 5.58. The average molecular weight is 246 g/mol. The fourth-order valence-corrected chi connectivity index (χ4v) is 1.63. The topological polar surface area (TPSA) is 64.4 Å². The van der Waals surface area contributed by atoms with Crippen molar-refractivity contribution in [1.29, 1.82) is 0 Å². The van der Waals surface area contributed by atoms with Crippen LogP contribution in [0, 0.1) is 6.92 Å². The lowest BCUT2D eigenvalue weighted by molar-refractivity contribution is -0.139. The highest BCUT2D eigenvalue weighted by Crippen LogP contribution is 2.15. The van der Waals surface area contributed by atoms with Gasteiger partial charge in [-0.05, 0) is 12.5 Å². The molecule has 18 heavy (non-hydrogen) atoms. The van der Waals surface area contributed by atoms with Gasteiger partial charge in [0.2, 0.25) is 5.88 Å². The fraction of sp³-hybridized carbons (Fsp3) is 0.231. The highest BCUT2D eigenvalue weighted by Gasteiger charge is 2.08. The second-order valence-corrected chi connectivity index (χ2v) is 3.98. The predicted octanol–water partition coefficient (Wildman–Crippen LogP) is 1.70. The van der Waals surface area contributed by atoms with E-state index in [1.165, 1.54) is 0 Å². The molecule has 0 unspecified atom stereocenters. The molecule has 94 valence electrons. The summed E-state index contributed by atoms with van der Waals surface area (Å²) in [4.78, 5) is 10.4. The highest BCUT2D eigenvalue weighted by atomic mass is 16.5. The number of aliphatic carboxylic acids is 1. The van der Waals surface area contributed by atoms with Crippen molar-refractivity contribution in [1.82, 2.24) is 9.78 Å². The Kier molecular flexibility index (Phi) is 3.62. The first-order valence-corrected chi connectivity index (χ1v) is 5.58. The first kappa shape index (κ1) is 12.2. The molecule has 0 aliphatic carbocycles. The van der Waals surface area contributed by atoms with Gasteiger partial charge >= 0.3 is 5.97 Å². The van der Waals surface area contributed by atoms with Crippen molar-refractivity contribution >= 4 is 5.97 Å². The fourth-order valence-electron chi connectivity index (χ4n) is 1.63. The summed E-state index contributed by atoms with van der Waals surface area (Å²) in [5.74, 6) is -0.639. The minimum Gasteiger partial charge on any atom is -0.479 e. The second-order valence-electron chi connectivity index (χ2n) is 3.98. The van der Waals surface area contributed by atoms with Gasteiger partial charge in [0.05, 0.1) is 6.54 Å². The van der Waals surface area contributed by atoms with Gasteiger partial charge in [-0.25, -0.2) is 4.79 Å². The zero-order valence-electron chi connectivity index (χ0n) is 10.0. The van der Waals surface area contributed by atoms with Crippen LogP contribution in [-0.2, 0) is 11.3 Å². The molecule has 1 N–H and O–H groups in total. The van der Waals surface area contributed by atoms with Crippen LogP contribution in [0.25, 0.3) is 0 Å². The molecule has 0 saturated heterocycles. The molecule has 1 aromatic carbocycles. The van der Waals surface area contributed by atoms with Crippen LogP contribution in [0.15, 0.2) is 36.5 Å². The molecule has 0 fully saturated rings. The molecule has 1 heterocycles. The van der Waals surface area contributed by atoms with Gasteiger partial charge in [-0.3, -0.25) is 4.68 Å². The maximum absolute atomic E-state index is 10.4. The molecule has 5 nitrogen and oxygen atoms in total. The van der Waals surface area contributed by atoms with Crippen molar-refractivity contribution in [3.8, 4) is 5.88 Å². The number of carboxylic acids is 1. The van der Waals surface area contributed by atoms with Gasteiger partial charge in [0.15, 0.2) is 6.61 Å². The van der Waals surface area contributed by atoms with Crippen molar-refractivity contribution in [3.05, 3.63) is 47.7 Å². The number of ether oxygens (including phenoxy) is 1. The molecular formula is C13H14N2O3. The summed E-state index contributed by atoms with van der Waals surface area (Å²) >= 11 is 0. The quantitative estimate of drug-likeness (QED) is 0.872. The molecule has 2 aromatic rings. The zero-order valence-corrected chi connectivity index (χ0v) is 10.0. The second kappa shape index (κ2) is 5.35. The van der Waals surface area contributed by atoms with Crippen molar-refractivity contribution in [2.45, 2.75) is 13.5 Å². The van der Waals surface area contributed by atoms with E-state index in [0.29, 0.717) is 12.4 Å². The monoisotopic (exact) mass is 246 g/mol. The zero-order chi connectivity index (χ0) is 13.0. The molecular weight excluding hydrogens is 232 g/mol. The van der Waals surface area contributed by atoms with E-state index in [1.54, 1.807) is 4.68 Å². The van der Waals surface area contributed by atoms with Crippen molar-refractivity contribution in [2.24, 2.45) is 0 Å². The lowest BCUT2D eigenvalue weighted by Gasteiger charge is -2.01. The van der Waals surface area contributed by atoms with E-state index >= 15 is 0 Å². The van der Waals surface area contributed by atoms with E-state index in [9.17, 15) is 4.79 Å². The number of nitrogens with zero attached hydrogens (tertiary/aromatic N) is 2. The summed E-state index contributed by atoms with van der Waals surface area (Å²) in [6.07, 6.45) is 1.84. The van der Waals surface area contributed by atoms with Gasteiger partial charge in [-0.15, -0.1) is 5.10 Å². The predicted molar refractivity (Wildman–Crippen MR) is 65.6 cm³/mol. The molecule has 0 aliphatic rings. The standard InChI is InChI=1S/C13H14N2O3/c1-10-7-15(8-11-5-3-2-4-6-11)14-13(10)18-9-12(16)17/h2-7H,8-9H2,1H3,(H,16,17). The number of carboxylic acid groups (broad SMARTS) is 1. The minimum absolute atomic E-state index is 0.369. The molecule has 0 atom stereocenters. The van der Waals surface area contributed by atoms with E-state index < -0.39 is 5.97 Å². The molecule has 0 radical (unpaired) electrons. The molecule has 0 aliphatic heterocycles. The van der Waals surface area contributed by atoms with Gasteiger partial charge < -0.3 is 9.84 Å². The number of hydrogen-bond acceptors (Lipinski definition) is 3. The Morgan fingerprint density at radius 2 is 2.11 bits per heavy atom. The lowest BCUT2D eigenvalue weighted by Crippen LogP contribution is -2.10. The number of aryl methyl sites for hydroxylation is 1. The summed E-state index contributed by atoms with van der Waals surface area (Å²) in [6, 6.07) is 9.91. The molecule has 0 bridgehead atoms. The summed E-state index contributed by atoms with van der Waals surface area (Å²) < 4.78 is 6.82. The van der Waals surface area contributed by atoms with Crippen LogP contribution in [0.1, 0.15) is 11.1 Å². The summed E-state index contributed by atoms with van der Waals surface area (Å²) in [5, 5.41) is 12.8.